The van der Waals surface area contributed by atoms with Crippen molar-refractivity contribution in [2.24, 2.45) is 0 Å². The summed E-state index contributed by atoms with van der Waals surface area (Å²) in [5, 5.41) is 9.86. The summed E-state index contributed by atoms with van der Waals surface area (Å²) < 4.78 is 1.62. The Labute approximate surface area is 96.8 Å². The predicted octanol–water partition coefficient (Wildman–Crippen LogP) is 2.63. The first kappa shape index (κ1) is 11.4. The highest BCUT2D eigenvalue weighted by Crippen LogP contribution is 2.22. The molecule has 1 rings (SSSR count). The summed E-state index contributed by atoms with van der Waals surface area (Å²) in [4.78, 5) is 11.2. The van der Waals surface area contributed by atoms with E-state index in [1.807, 2.05) is 40.8 Å². The number of ketones is 1. The van der Waals surface area contributed by atoms with Crippen LogP contribution in [0, 0.1) is 0 Å². The van der Waals surface area contributed by atoms with Gasteiger partial charge in [-0.15, -0.1) is 0 Å². The Morgan fingerprint density at radius 3 is 2.43 bits per heavy atom. The minimum absolute atomic E-state index is 0.101. The summed E-state index contributed by atoms with van der Waals surface area (Å²) in [7, 11) is 0. The topological polar surface area (TPSA) is 37.3 Å². The van der Waals surface area contributed by atoms with E-state index in [9.17, 15) is 9.90 Å². The average Bonchev–Trinajstić information content (AvgIpc) is 2.19. The van der Waals surface area contributed by atoms with Gasteiger partial charge in [0, 0.05) is 5.57 Å². The summed E-state index contributed by atoms with van der Waals surface area (Å²) in [6, 6.07) is 9.14. The van der Waals surface area contributed by atoms with Gasteiger partial charge in [0.2, 0.25) is 0 Å². The van der Waals surface area contributed by atoms with E-state index in [2.05, 4.69) is 0 Å². The molecule has 0 spiro atoms. The van der Waals surface area contributed by atoms with E-state index in [1.165, 1.54) is 6.92 Å². The molecule has 0 bridgehead atoms. The number of benzene rings is 1. The number of halogens is 1. The fourth-order valence-electron chi connectivity index (χ4n) is 1.14. The molecular formula is C11H11IO2. The van der Waals surface area contributed by atoms with Crippen LogP contribution in [0.2, 0.25) is 0 Å². The van der Waals surface area contributed by atoms with E-state index in [1.54, 1.807) is 16.2 Å². The van der Waals surface area contributed by atoms with Crippen molar-refractivity contribution < 1.29 is 9.90 Å². The van der Waals surface area contributed by atoms with Crippen LogP contribution < -0.4 is 0 Å². The first-order valence-electron chi connectivity index (χ1n) is 4.21. The second-order valence-electron chi connectivity index (χ2n) is 2.93. The van der Waals surface area contributed by atoms with Crippen molar-refractivity contribution in [3.63, 3.8) is 0 Å². The van der Waals surface area contributed by atoms with Gasteiger partial charge in [0.1, 0.15) is 6.10 Å². The van der Waals surface area contributed by atoms with Crippen LogP contribution in [0.1, 0.15) is 18.6 Å². The molecular weight excluding hydrogens is 291 g/mol. The molecule has 0 radical (unpaired) electrons. The predicted molar refractivity (Wildman–Crippen MR) is 64.2 cm³/mol. The number of aliphatic hydroxyl groups is 1. The lowest BCUT2D eigenvalue weighted by atomic mass is 10.0. The molecule has 74 valence electrons. The molecule has 0 aliphatic carbocycles. The van der Waals surface area contributed by atoms with Gasteiger partial charge in [-0.25, -0.2) is 0 Å². The highest BCUT2D eigenvalue weighted by molar-refractivity contribution is 14.1. The maximum atomic E-state index is 11.2. The Bertz CT molecular complexity index is 344. The largest absolute Gasteiger partial charge is 0.384 e. The Kier molecular flexibility index (Phi) is 4.28. The lowest BCUT2D eigenvalue weighted by molar-refractivity contribution is -0.114. The molecule has 0 saturated carbocycles. The molecule has 1 aromatic carbocycles. The minimum atomic E-state index is -0.814. The third kappa shape index (κ3) is 2.65. The molecule has 1 unspecified atom stereocenters. The molecule has 2 nitrogen and oxygen atoms in total. The average molecular weight is 302 g/mol. The van der Waals surface area contributed by atoms with E-state index >= 15 is 0 Å². The van der Waals surface area contributed by atoms with Crippen molar-refractivity contribution in [1.29, 1.82) is 0 Å². The number of carbonyl (C=O) groups excluding carboxylic acids is 1. The van der Waals surface area contributed by atoms with Gasteiger partial charge in [-0.05, 0) is 16.6 Å². The van der Waals surface area contributed by atoms with Crippen LogP contribution in [-0.2, 0) is 4.79 Å². The third-order valence-electron chi connectivity index (χ3n) is 1.93. The lowest BCUT2D eigenvalue weighted by Crippen LogP contribution is -2.07. The Morgan fingerprint density at radius 1 is 1.43 bits per heavy atom. The molecule has 0 aromatic heterocycles. The van der Waals surface area contributed by atoms with Gasteiger partial charge in [-0.1, -0.05) is 52.9 Å². The normalized spacial score (nSPS) is 13.8. The van der Waals surface area contributed by atoms with Gasteiger partial charge in [-0.2, -0.15) is 0 Å². The van der Waals surface area contributed by atoms with E-state index in [4.69, 9.17) is 0 Å². The number of rotatable bonds is 3. The van der Waals surface area contributed by atoms with Gasteiger partial charge in [0.05, 0.1) is 0 Å². The van der Waals surface area contributed by atoms with Crippen LogP contribution in [0.15, 0.2) is 40.0 Å². The molecule has 0 aliphatic rings. The fourth-order valence-corrected chi connectivity index (χ4v) is 1.92. The summed E-state index contributed by atoms with van der Waals surface area (Å²) in [6.07, 6.45) is -0.814. The number of aliphatic hydroxyl groups excluding tert-OH is 1. The van der Waals surface area contributed by atoms with Gasteiger partial charge in [-0.3, -0.25) is 4.79 Å². The van der Waals surface area contributed by atoms with Gasteiger partial charge in [0.25, 0.3) is 0 Å². The third-order valence-corrected chi connectivity index (χ3v) is 2.60. The van der Waals surface area contributed by atoms with Gasteiger partial charge >= 0.3 is 0 Å². The standard InChI is InChI=1S/C11H11IO2/c1-8(13)10(7-12)11(14)9-5-3-2-4-6-9/h2-7,11,14H,1H3/b10-7+. The van der Waals surface area contributed by atoms with E-state index in [-0.39, 0.29) is 5.78 Å². The quantitative estimate of drug-likeness (QED) is 0.688. The van der Waals surface area contributed by atoms with Crippen molar-refractivity contribution in [2.75, 3.05) is 0 Å². The highest BCUT2D eigenvalue weighted by Gasteiger charge is 2.15. The van der Waals surface area contributed by atoms with Crippen LogP contribution in [0.4, 0.5) is 0 Å². The maximum absolute atomic E-state index is 11.2. The fraction of sp³-hybridized carbons (Fsp3) is 0.182. The smallest absolute Gasteiger partial charge is 0.159 e. The monoisotopic (exact) mass is 302 g/mol. The molecule has 14 heavy (non-hydrogen) atoms. The van der Waals surface area contributed by atoms with Crippen molar-refractivity contribution >= 4 is 28.4 Å². The molecule has 1 aromatic rings. The van der Waals surface area contributed by atoms with Crippen molar-refractivity contribution in [3.05, 3.63) is 45.6 Å². The van der Waals surface area contributed by atoms with Crippen molar-refractivity contribution in [1.82, 2.24) is 0 Å². The van der Waals surface area contributed by atoms with E-state index in [0.717, 1.165) is 5.56 Å². The number of hydrogen-bond donors (Lipinski definition) is 1. The van der Waals surface area contributed by atoms with E-state index < -0.39 is 6.10 Å². The molecule has 0 amide bonds. The molecule has 1 atom stereocenters. The number of hydrogen-bond acceptors (Lipinski definition) is 2. The number of carbonyl (C=O) groups is 1. The second kappa shape index (κ2) is 5.26. The molecule has 3 heteroatoms. The highest BCUT2D eigenvalue weighted by atomic mass is 127. The Hall–Kier alpha value is -0.680. The Morgan fingerprint density at radius 2 is 2.00 bits per heavy atom. The molecule has 0 saturated heterocycles. The molecule has 0 aliphatic heterocycles. The first-order valence-corrected chi connectivity index (χ1v) is 5.45. The summed E-state index contributed by atoms with van der Waals surface area (Å²) in [5.74, 6) is -0.101. The summed E-state index contributed by atoms with van der Waals surface area (Å²) in [5.41, 5.74) is 1.17. The van der Waals surface area contributed by atoms with E-state index in [0.29, 0.717) is 5.57 Å². The summed E-state index contributed by atoms with van der Waals surface area (Å²) >= 11 is 1.96. The van der Waals surface area contributed by atoms with Crippen molar-refractivity contribution in [3.8, 4) is 0 Å². The zero-order chi connectivity index (χ0) is 10.6. The zero-order valence-corrected chi connectivity index (χ0v) is 9.93. The van der Waals surface area contributed by atoms with Crippen LogP contribution >= 0.6 is 22.6 Å². The Balaban J connectivity index is 2.96. The lowest BCUT2D eigenvalue weighted by Gasteiger charge is -2.11. The molecule has 0 fully saturated rings. The minimum Gasteiger partial charge on any atom is -0.384 e. The van der Waals surface area contributed by atoms with Crippen LogP contribution in [0.25, 0.3) is 0 Å². The second-order valence-corrected chi connectivity index (χ2v) is 3.56. The SMILES string of the molecule is CC(=O)/C(=C\I)C(O)c1ccccc1. The summed E-state index contributed by atoms with van der Waals surface area (Å²) in [6.45, 7) is 1.46. The van der Waals surface area contributed by atoms with Crippen LogP contribution in [0.3, 0.4) is 0 Å². The van der Waals surface area contributed by atoms with Crippen molar-refractivity contribution in [2.45, 2.75) is 13.0 Å². The zero-order valence-electron chi connectivity index (χ0n) is 7.77. The van der Waals surface area contributed by atoms with Gasteiger partial charge in [0.15, 0.2) is 5.78 Å². The molecule has 0 heterocycles. The molecule has 1 N–H and O–H groups in total. The van der Waals surface area contributed by atoms with Crippen LogP contribution in [-0.4, -0.2) is 10.9 Å². The first-order chi connectivity index (χ1) is 6.66. The van der Waals surface area contributed by atoms with Gasteiger partial charge < -0.3 is 5.11 Å². The maximum Gasteiger partial charge on any atom is 0.159 e. The van der Waals surface area contributed by atoms with Crippen LogP contribution in [0.5, 0.6) is 0 Å². The number of Topliss-reactive ketones (excluding diaryl/α,β-unsaturated/α-hetero) is 1.